The van der Waals surface area contributed by atoms with Gasteiger partial charge in [-0.2, -0.15) is 0 Å². The second-order valence-electron chi connectivity index (χ2n) is 18.5. The number of esters is 1. The van der Waals surface area contributed by atoms with Crippen molar-refractivity contribution in [2.24, 2.45) is 50.2 Å². The van der Waals surface area contributed by atoms with Crippen molar-refractivity contribution >= 4 is 5.97 Å². The van der Waals surface area contributed by atoms with Crippen LogP contribution in [0.15, 0.2) is 0 Å². The zero-order valence-electron chi connectivity index (χ0n) is 28.1. The van der Waals surface area contributed by atoms with E-state index < -0.39 is 37.3 Å². The van der Waals surface area contributed by atoms with E-state index in [9.17, 15) is 25.2 Å². The SMILES string of the molecule is CC1(C)CCC23CCC4(C)C5(C)CCC6C(C)(C)C(OC7OC(CO)C(O)C(O)C7O)CCC6(C)C5CCC4(OC2=O)C3C1. The van der Waals surface area contributed by atoms with Crippen LogP contribution in [0.5, 0.6) is 0 Å². The molecule has 2 bridgehead atoms. The molecule has 44 heavy (non-hydrogen) atoms. The number of aliphatic hydroxyl groups excluding tert-OH is 4. The summed E-state index contributed by atoms with van der Waals surface area (Å²) in [5.41, 5.74) is -0.571. The van der Waals surface area contributed by atoms with Gasteiger partial charge in [0.15, 0.2) is 6.29 Å². The van der Waals surface area contributed by atoms with E-state index in [0.717, 1.165) is 70.6 Å². The van der Waals surface area contributed by atoms with Crippen molar-refractivity contribution in [2.75, 3.05) is 6.61 Å². The quantitative estimate of drug-likeness (QED) is 0.264. The summed E-state index contributed by atoms with van der Waals surface area (Å²) in [4.78, 5) is 13.8. The summed E-state index contributed by atoms with van der Waals surface area (Å²) in [5, 5.41) is 41.1. The minimum atomic E-state index is -1.44. The lowest BCUT2D eigenvalue weighted by Crippen LogP contribution is -2.72. The first-order valence-corrected chi connectivity index (χ1v) is 17.6. The lowest BCUT2D eigenvalue weighted by atomic mass is 9.31. The molecule has 5 aliphatic carbocycles. The zero-order valence-corrected chi connectivity index (χ0v) is 28.1. The van der Waals surface area contributed by atoms with Crippen molar-refractivity contribution in [3.8, 4) is 0 Å². The fraction of sp³-hybridized carbons (Fsp3) is 0.972. The molecule has 0 radical (unpaired) electrons. The van der Waals surface area contributed by atoms with Gasteiger partial charge in [0, 0.05) is 11.3 Å². The maximum atomic E-state index is 13.8. The highest BCUT2D eigenvalue weighted by atomic mass is 16.7. The summed E-state index contributed by atoms with van der Waals surface area (Å²) in [5.74, 6) is 1.31. The molecular formula is C36H58O8. The number of hydrogen-bond acceptors (Lipinski definition) is 8. The van der Waals surface area contributed by atoms with Crippen molar-refractivity contribution in [3.05, 3.63) is 0 Å². The van der Waals surface area contributed by atoms with E-state index >= 15 is 0 Å². The third kappa shape index (κ3) is 3.76. The van der Waals surface area contributed by atoms with Gasteiger partial charge in [0.05, 0.1) is 18.1 Å². The van der Waals surface area contributed by atoms with Crippen molar-refractivity contribution in [2.45, 2.75) is 162 Å². The molecule has 0 amide bonds. The minimum absolute atomic E-state index is 0.0515. The Labute approximate surface area is 263 Å². The van der Waals surface area contributed by atoms with Crippen LogP contribution in [0.1, 0.15) is 119 Å². The first-order valence-electron chi connectivity index (χ1n) is 17.6. The number of rotatable bonds is 3. The molecule has 7 fully saturated rings. The first-order chi connectivity index (χ1) is 20.4. The molecule has 0 aromatic heterocycles. The van der Waals surface area contributed by atoms with Crippen LogP contribution in [-0.4, -0.2) is 75.4 Å². The van der Waals surface area contributed by atoms with Crippen LogP contribution in [0.3, 0.4) is 0 Å². The van der Waals surface area contributed by atoms with Gasteiger partial charge in [0.25, 0.3) is 0 Å². The topological polar surface area (TPSA) is 126 Å². The molecule has 14 atom stereocenters. The lowest BCUT2D eigenvalue weighted by molar-refractivity contribution is -0.334. The highest BCUT2D eigenvalue weighted by Gasteiger charge is 2.81. The normalized spacial score (nSPS) is 57.3. The van der Waals surface area contributed by atoms with Crippen LogP contribution >= 0.6 is 0 Å². The highest BCUT2D eigenvalue weighted by Crippen LogP contribution is 2.80. The number of carbonyl (C=O) groups is 1. The van der Waals surface area contributed by atoms with Crippen molar-refractivity contribution in [3.63, 3.8) is 0 Å². The Morgan fingerprint density at radius 2 is 1.45 bits per heavy atom. The van der Waals surface area contributed by atoms with Crippen LogP contribution in [0.2, 0.25) is 0 Å². The van der Waals surface area contributed by atoms with E-state index in [1.165, 1.54) is 0 Å². The summed E-state index contributed by atoms with van der Waals surface area (Å²) >= 11 is 0. The van der Waals surface area contributed by atoms with Gasteiger partial charge in [0.1, 0.15) is 30.0 Å². The lowest BCUT2D eigenvalue weighted by Gasteiger charge is -2.74. The van der Waals surface area contributed by atoms with Crippen molar-refractivity contribution < 1.29 is 39.4 Å². The highest BCUT2D eigenvalue weighted by molar-refractivity contribution is 5.81. The Kier molecular flexibility index (Phi) is 6.98. The molecule has 2 aliphatic heterocycles. The van der Waals surface area contributed by atoms with Crippen LogP contribution in [0.25, 0.3) is 0 Å². The molecule has 1 spiro atoms. The number of fused-ring (bicyclic) bond motifs is 4. The van der Waals surface area contributed by atoms with Gasteiger partial charge in [-0.15, -0.1) is 0 Å². The predicted molar refractivity (Wildman–Crippen MR) is 163 cm³/mol. The third-order valence-electron chi connectivity index (χ3n) is 16.1. The Bertz CT molecular complexity index is 1180. The molecule has 2 heterocycles. The van der Waals surface area contributed by atoms with Gasteiger partial charge in [0.2, 0.25) is 0 Å². The fourth-order valence-corrected chi connectivity index (χ4v) is 13.4. The third-order valence-corrected chi connectivity index (χ3v) is 16.1. The van der Waals surface area contributed by atoms with Crippen molar-refractivity contribution in [1.29, 1.82) is 0 Å². The second kappa shape index (κ2) is 9.65. The summed E-state index contributed by atoms with van der Waals surface area (Å²) in [6.45, 7) is 16.5. The van der Waals surface area contributed by atoms with E-state index in [1.807, 2.05) is 0 Å². The number of aliphatic hydroxyl groups is 4. The molecule has 0 aromatic carbocycles. The smallest absolute Gasteiger partial charge is 0.313 e. The molecule has 7 rings (SSSR count). The van der Waals surface area contributed by atoms with Crippen LogP contribution in [-0.2, 0) is 19.0 Å². The largest absolute Gasteiger partial charge is 0.458 e. The fourth-order valence-electron chi connectivity index (χ4n) is 13.4. The Morgan fingerprint density at radius 3 is 2.16 bits per heavy atom. The maximum absolute atomic E-state index is 13.8. The van der Waals surface area contributed by atoms with Crippen LogP contribution in [0, 0.1) is 50.2 Å². The molecule has 0 aromatic rings. The number of ether oxygens (including phenoxy) is 3. The molecule has 8 heteroatoms. The molecule has 5 saturated carbocycles. The average molecular weight is 619 g/mol. The molecule has 4 N–H and O–H groups in total. The Balaban J connectivity index is 1.17. The molecule has 2 saturated heterocycles. The van der Waals surface area contributed by atoms with Gasteiger partial charge in [-0.1, -0.05) is 48.5 Å². The summed E-state index contributed by atoms with van der Waals surface area (Å²) in [6.07, 6.45) is 4.67. The second-order valence-corrected chi connectivity index (χ2v) is 18.5. The van der Waals surface area contributed by atoms with Crippen molar-refractivity contribution in [1.82, 2.24) is 0 Å². The van der Waals surface area contributed by atoms with Gasteiger partial charge in [-0.05, 0) is 104 Å². The van der Waals surface area contributed by atoms with Gasteiger partial charge in [-0.3, -0.25) is 4.79 Å². The summed E-state index contributed by atoms with van der Waals surface area (Å²) in [7, 11) is 0. The number of carbonyl (C=O) groups excluding carboxylic acids is 1. The number of hydrogen-bond donors (Lipinski definition) is 4. The molecular weight excluding hydrogens is 560 g/mol. The Morgan fingerprint density at radius 1 is 0.773 bits per heavy atom. The molecule has 250 valence electrons. The molecule has 7 aliphatic rings. The van der Waals surface area contributed by atoms with E-state index in [1.54, 1.807) is 0 Å². The van der Waals surface area contributed by atoms with E-state index in [-0.39, 0.29) is 50.2 Å². The maximum Gasteiger partial charge on any atom is 0.313 e. The van der Waals surface area contributed by atoms with E-state index in [2.05, 4.69) is 48.5 Å². The summed E-state index contributed by atoms with van der Waals surface area (Å²) < 4.78 is 19.1. The first kappa shape index (κ1) is 31.8. The average Bonchev–Trinajstić information content (AvgIpc) is 3.12. The van der Waals surface area contributed by atoms with Crippen LogP contribution in [0.4, 0.5) is 0 Å². The van der Waals surface area contributed by atoms with E-state index in [0.29, 0.717) is 17.8 Å². The van der Waals surface area contributed by atoms with Gasteiger partial charge >= 0.3 is 5.97 Å². The Hall–Kier alpha value is -0.770. The minimum Gasteiger partial charge on any atom is -0.458 e. The monoisotopic (exact) mass is 618 g/mol. The zero-order chi connectivity index (χ0) is 31.9. The molecule has 14 unspecified atom stereocenters. The predicted octanol–water partition coefficient (Wildman–Crippen LogP) is 4.73. The molecule has 8 nitrogen and oxygen atoms in total. The van der Waals surface area contributed by atoms with E-state index in [4.69, 9.17) is 14.2 Å². The van der Waals surface area contributed by atoms with Crippen LogP contribution < -0.4 is 0 Å². The van der Waals surface area contributed by atoms with Gasteiger partial charge in [-0.25, -0.2) is 0 Å². The summed E-state index contributed by atoms with van der Waals surface area (Å²) in [6, 6.07) is 0. The van der Waals surface area contributed by atoms with Gasteiger partial charge < -0.3 is 34.6 Å². The standard InChI is InChI=1S/C36H58O8/c1-30(2)14-16-35-17-15-34(7)33(6)12-8-21-31(3,4)24(43-28-27(40)26(39)25(38)20(19-37)42-28)10-11-32(21,5)22(33)9-13-36(34,23(35)18-30)44-29(35)41/h20-28,37-40H,8-19H2,1-7H3.